The van der Waals surface area contributed by atoms with E-state index in [0.717, 1.165) is 19.6 Å². The van der Waals surface area contributed by atoms with E-state index in [0.29, 0.717) is 12.1 Å². The molecule has 0 saturated carbocycles. The molecular weight excluding hydrogens is 142 g/mol. The van der Waals surface area contributed by atoms with Gasteiger partial charge in [-0.3, -0.25) is 4.90 Å². The Morgan fingerprint density at radius 3 is 2.64 bits per heavy atom. The lowest BCUT2D eigenvalue weighted by molar-refractivity contribution is 0.110. The van der Waals surface area contributed by atoms with E-state index >= 15 is 0 Å². The molecule has 1 aliphatic rings. The van der Waals surface area contributed by atoms with Crippen molar-refractivity contribution < 1.29 is 9.47 Å². The van der Waals surface area contributed by atoms with Crippen LogP contribution in [-0.2, 0) is 9.47 Å². The third-order valence-electron chi connectivity index (χ3n) is 2.34. The van der Waals surface area contributed by atoms with Gasteiger partial charge < -0.3 is 9.47 Å². The van der Waals surface area contributed by atoms with Crippen LogP contribution in [0.15, 0.2) is 0 Å². The molecule has 0 aromatic heterocycles. The summed E-state index contributed by atoms with van der Waals surface area (Å²) in [5.41, 5.74) is 0. The van der Waals surface area contributed by atoms with Crippen LogP contribution in [0.5, 0.6) is 0 Å². The summed E-state index contributed by atoms with van der Waals surface area (Å²) in [6.45, 7) is 1.85. The SMILES string of the molecule is COC[C@@H]1C[C@@H](OC)CN1C. The van der Waals surface area contributed by atoms with Crippen molar-refractivity contribution in [2.24, 2.45) is 0 Å². The van der Waals surface area contributed by atoms with Crippen LogP contribution in [0.4, 0.5) is 0 Å². The van der Waals surface area contributed by atoms with Crippen molar-refractivity contribution in [3.05, 3.63) is 0 Å². The summed E-state index contributed by atoms with van der Waals surface area (Å²) in [6, 6.07) is 0.546. The molecule has 0 aromatic carbocycles. The second kappa shape index (κ2) is 4.04. The molecule has 1 heterocycles. The second-order valence-corrected chi connectivity index (χ2v) is 3.14. The van der Waals surface area contributed by atoms with Gasteiger partial charge in [0.25, 0.3) is 0 Å². The molecule has 0 radical (unpaired) electrons. The zero-order chi connectivity index (χ0) is 8.27. The Kier molecular flexibility index (Phi) is 3.30. The fraction of sp³-hybridized carbons (Fsp3) is 1.00. The lowest BCUT2D eigenvalue weighted by Gasteiger charge is -2.16. The first-order valence-corrected chi connectivity index (χ1v) is 4.00. The molecule has 0 unspecified atom stereocenters. The minimum atomic E-state index is 0.403. The third-order valence-corrected chi connectivity index (χ3v) is 2.34. The number of likely N-dealkylation sites (tertiary alicyclic amines) is 1. The largest absolute Gasteiger partial charge is 0.383 e. The Morgan fingerprint density at radius 1 is 1.45 bits per heavy atom. The number of rotatable bonds is 3. The van der Waals surface area contributed by atoms with Crippen molar-refractivity contribution in [3.8, 4) is 0 Å². The van der Waals surface area contributed by atoms with Gasteiger partial charge in [-0.05, 0) is 13.5 Å². The standard InChI is InChI=1S/C8H17NO2/c1-9-5-8(11-3)4-7(9)6-10-2/h7-8H,4-6H2,1-3H3/t7-,8+/m0/s1. The van der Waals surface area contributed by atoms with Crippen molar-refractivity contribution in [1.29, 1.82) is 0 Å². The molecule has 3 heteroatoms. The lowest BCUT2D eigenvalue weighted by Crippen LogP contribution is -2.28. The highest BCUT2D eigenvalue weighted by atomic mass is 16.5. The molecule has 1 fully saturated rings. The van der Waals surface area contributed by atoms with Crippen LogP contribution in [0.3, 0.4) is 0 Å². The van der Waals surface area contributed by atoms with E-state index in [-0.39, 0.29) is 0 Å². The summed E-state index contributed by atoms with van der Waals surface area (Å²) < 4.78 is 10.4. The number of hydrogen-bond acceptors (Lipinski definition) is 3. The predicted octanol–water partition coefficient (Wildman–Crippen LogP) is 0.352. The molecular formula is C8H17NO2. The fourth-order valence-electron chi connectivity index (χ4n) is 1.59. The maximum Gasteiger partial charge on any atom is 0.0714 e. The van der Waals surface area contributed by atoms with Crippen LogP contribution in [0.2, 0.25) is 0 Å². The smallest absolute Gasteiger partial charge is 0.0714 e. The Balaban J connectivity index is 2.32. The molecule has 3 nitrogen and oxygen atoms in total. The number of hydrogen-bond donors (Lipinski definition) is 0. The second-order valence-electron chi connectivity index (χ2n) is 3.14. The number of nitrogens with zero attached hydrogens (tertiary/aromatic N) is 1. The zero-order valence-corrected chi connectivity index (χ0v) is 7.54. The molecule has 66 valence electrons. The van der Waals surface area contributed by atoms with Crippen molar-refractivity contribution in [1.82, 2.24) is 4.90 Å². The minimum absolute atomic E-state index is 0.403. The number of methoxy groups -OCH3 is 2. The van der Waals surface area contributed by atoms with Gasteiger partial charge in [-0.25, -0.2) is 0 Å². The zero-order valence-electron chi connectivity index (χ0n) is 7.54. The van der Waals surface area contributed by atoms with E-state index in [1.165, 1.54) is 0 Å². The topological polar surface area (TPSA) is 21.7 Å². The average Bonchev–Trinajstić information content (AvgIpc) is 2.33. The first-order chi connectivity index (χ1) is 5.27. The van der Waals surface area contributed by atoms with E-state index < -0.39 is 0 Å². The van der Waals surface area contributed by atoms with Crippen LogP contribution in [0.1, 0.15) is 6.42 Å². The molecule has 1 saturated heterocycles. The van der Waals surface area contributed by atoms with E-state index in [2.05, 4.69) is 11.9 Å². The quantitative estimate of drug-likeness (QED) is 0.593. The van der Waals surface area contributed by atoms with Crippen molar-refractivity contribution >= 4 is 0 Å². The van der Waals surface area contributed by atoms with Crippen molar-refractivity contribution in [3.63, 3.8) is 0 Å². The van der Waals surface area contributed by atoms with Gasteiger partial charge in [-0.15, -0.1) is 0 Å². The summed E-state index contributed by atoms with van der Waals surface area (Å²) in [6.07, 6.45) is 1.50. The van der Waals surface area contributed by atoms with Crippen LogP contribution < -0.4 is 0 Å². The molecule has 0 bridgehead atoms. The maximum atomic E-state index is 5.26. The Morgan fingerprint density at radius 2 is 2.18 bits per heavy atom. The summed E-state index contributed by atoms with van der Waals surface area (Å²) in [7, 11) is 5.63. The number of likely N-dealkylation sites (N-methyl/N-ethyl adjacent to an activating group) is 1. The fourth-order valence-corrected chi connectivity index (χ4v) is 1.59. The van der Waals surface area contributed by atoms with Crippen LogP contribution in [0.25, 0.3) is 0 Å². The van der Waals surface area contributed by atoms with Gasteiger partial charge in [0.15, 0.2) is 0 Å². The molecule has 1 rings (SSSR count). The highest BCUT2D eigenvalue weighted by Gasteiger charge is 2.28. The molecule has 0 aromatic rings. The van der Waals surface area contributed by atoms with Crippen molar-refractivity contribution in [2.75, 3.05) is 34.4 Å². The summed E-state index contributed by atoms with van der Waals surface area (Å²) in [5, 5.41) is 0. The van der Waals surface area contributed by atoms with Gasteiger partial charge in [-0.1, -0.05) is 0 Å². The minimum Gasteiger partial charge on any atom is -0.383 e. The summed E-state index contributed by atoms with van der Waals surface area (Å²) >= 11 is 0. The predicted molar refractivity (Wildman–Crippen MR) is 43.7 cm³/mol. The van der Waals surface area contributed by atoms with Gasteiger partial charge in [0.2, 0.25) is 0 Å². The normalized spacial score (nSPS) is 33.0. The van der Waals surface area contributed by atoms with Gasteiger partial charge in [0.1, 0.15) is 0 Å². The maximum absolute atomic E-state index is 5.26. The average molecular weight is 159 g/mol. The molecule has 0 N–H and O–H groups in total. The van der Waals surface area contributed by atoms with Gasteiger partial charge in [0.05, 0.1) is 12.7 Å². The lowest BCUT2D eigenvalue weighted by atomic mass is 10.2. The Labute approximate surface area is 68.3 Å². The third kappa shape index (κ3) is 2.15. The van der Waals surface area contributed by atoms with Crippen LogP contribution >= 0.6 is 0 Å². The molecule has 1 aliphatic heterocycles. The summed E-state index contributed by atoms with van der Waals surface area (Å²) in [4.78, 5) is 2.29. The Hall–Kier alpha value is -0.120. The molecule has 11 heavy (non-hydrogen) atoms. The van der Waals surface area contributed by atoms with E-state index in [1.54, 1.807) is 14.2 Å². The molecule has 0 aliphatic carbocycles. The molecule has 0 spiro atoms. The summed E-state index contributed by atoms with van der Waals surface area (Å²) in [5.74, 6) is 0. The highest BCUT2D eigenvalue weighted by molar-refractivity contribution is 4.83. The van der Waals surface area contributed by atoms with Crippen molar-refractivity contribution in [2.45, 2.75) is 18.6 Å². The molecule has 0 amide bonds. The van der Waals surface area contributed by atoms with Crippen LogP contribution in [-0.4, -0.2) is 51.5 Å². The van der Waals surface area contributed by atoms with Gasteiger partial charge in [0, 0.05) is 26.8 Å². The van der Waals surface area contributed by atoms with Gasteiger partial charge >= 0.3 is 0 Å². The van der Waals surface area contributed by atoms with E-state index in [9.17, 15) is 0 Å². The number of ether oxygens (including phenoxy) is 2. The monoisotopic (exact) mass is 159 g/mol. The first kappa shape index (κ1) is 8.97. The molecule has 2 atom stereocenters. The van der Waals surface area contributed by atoms with E-state index in [4.69, 9.17) is 9.47 Å². The van der Waals surface area contributed by atoms with Crippen LogP contribution in [0, 0.1) is 0 Å². The first-order valence-electron chi connectivity index (χ1n) is 4.00. The van der Waals surface area contributed by atoms with E-state index in [1.807, 2.05) is 0 Å². The highest BCUT2D eigenvalue weighted by Crippen LogP contribution is 2.17. The Bertz CT molecular complexity index is 119. The van der Waals surface area contributed by atoms with Gasteiger partial charge in [-0.2, -0.15) is 0 Å².